The first-order valence-corrected chi connectivity index (χ1v) is 10.7. The van der Waals surface area contributed by atoms with Crippen LogP contribution in [0.1, 0.15) is 49.9 Å². The summed E-state index contributed by atoms with van der Waals surface area (Å²) in [5.74, 6) is 1.77. The van der Waals surface area contributed by atoms with Crippen molar-refractivity contribution in [2.45, 2.75) is 45.1 Å². The summed E-state index contributed by atoms with van der Waals surface area (Å²) >= 11 is 0. The third-order valence-electron chi connectivity index (χ3n) is 5.93. The molecule has 8 heteroatoms. The van der Waals surface area contributed by atoms with Crippen molar-refractivity contribution in [2.24, 2.45) is 5.92 Å². The Balaban J connectivity index is 1.45. The highest BCUT2D eigenvalue weighted by molar-refractivity contribution is 5.80. The zero-order valence-corrected chi connectivity index (χ0v) is 17.3. The van der Waals surface area contributed by atoms with Gasteiger partial charge in [0, 0.05) is 25.6 Å². The van der Waals surface area contributed by atoms with Gasteiger partial charge in [-0.3, -0.25) is 9.59 Å². The largest absolute Gasteiger partial charge is 0.484 e. The molecule has 1 aromatic carbocycles. The smallest absolute Gasteiger partial charge is 0.260 e. The van der Waals surface area contributed by atoms with Gasteiger partial charge in [-0.05, 0) is 38.3 Å². The highest BCUT2D eigenvalue weighted by Crippen LogP contribution is 2.32. The van der Waals surface area contributed by atoms with Gasteiger partial charge in [-0.2, -0.15) is 4.98 Å². The van der Waals surface area contributed by atoms with Crippen molar-refractivity contribution >= 4 is 11.8 Å². The fourth-order valence-corrected chi connectivity index (χ4v) is 4.31. The fraction of sp³-hybridized carbons (Fsp3) is 0.545. The van der Waals surface area contributed by atoms with E-state index in [9.17, 15) is 9.59 Å². The summed E-state index contributed by atoms with van der Waals surface area (Å²) in [6.45, 7) is 3.18. The second-order valence-electron chi connectivity index (χ2n) is 7.98. The summed E-state index contributed by atoms with van der Waals surface area (Å²) in [6.07, 6.45) is 4.61. The highest BCUT2D eigenvalue weighted by Gasteiger charge is 2.37. The number of nitrogens with zero attached hydrogens (tertiary/aromatic N) is 4. The van der Waals surface area contributed by atoms with Crippen LogP contribution >= 0.6 is 0 Å². The second-order valence-corrected chi connectivity index (χ2v) is 7.98. The first-order valence-electron chi connectivity index (χ1n) is 10.7. The monoisotopic (exact) mass is 412 g/mol. The van der Waals surface area contributed by atoms with Crippen LogP contribution in [0.3, 0.4) is 0 Å². The van der Waals surface area contributed by atoms with Crippen molar-refractivity contribution < 1.29 is 18.8 Å². The van der Waals surface area contributed by atoms with E-state index in [1.807, 2.05) is 35.2 Å². The molecule has 2 heterocycles. The van der Waals surface area contributed by atoms with E-state index in [1.54, 1.807) is 11.8 Å². The summed E-state index contributed by atoms with van der Waals surface area (Å²) in [6, 6.07) is 8.99. The van der Waals surface area contributed by atoms with Gasteiger partial charge in [-0.1, -0.05) is 36.2 Å². The topological polar surface area (TPSA) is 88.8 Å². The predicted molar refractivity (Wildman–Crippen MR) is 109 cm³/mol. The molecule has 1 aliphatic carbocycles. The van der Waals surface area contributed by atoms with Gasteiger partial charge < -0.3 is 19.1 Å². The van der Waals surface area contributed by atoms with Gasteiger partial charge in [0.2, 0.25) is 11.8 Å². The van der Waals surface area contributed by atoms with Crippen LogP contribution in [0.5, 0.6) is 5.75 Å². The Morgan fingerprint density at radius 1 is 1.10 bits per heavy atom. The maximum atomic E-state index is 13.2. The molecule has 0 radical (unpaired) electrons. The lowest BCUT2D eigenvalue weighted by molar-refractivity contribution is -0.139. The molecule has 1 aromatic heterocycles. The molecule has 1 atom stereocenters. The van der Waals surface area contributed by atoms with Crippen molar-refractivity contribution in [3.05, 3.63) is 42.0 Å². The number of aryl methyl sites for hydroxylation is 1. The van der Waals surface area contributed by atoms with Crippen LogP contribution in [0.4, 0.5) is 0 Å². The Hall–Kier alpha value is -2.90. The zero-order chi connectivity index (χ0) is 20.9. The van der Waals surface area contributed by atoms with Crippen molar-refractivity contribution in [1.29, 1.82) is 0 Å². The number of hydrogen-bond acceptors (Lipinski definition) is 6. The summed E-state index contributed by atoms with van der Waals surface area (Å²) in [5.41, 5.74) is 0. The van der Waals surface area contributed by atoms with Crippen molar-refractivity contribution in [1.82, 2.24) is 19.9 Å². The van der Waals surface area contributed by atoms with E-state index < -0.39 is 0 Å². The molecule has 0 bridgehead atoms. The highest BCUT2D eigenvalue weighted by atomic mass is 16.5. The molecule has 1 saturated heterocycles. The van der Waals surface area contributed by atoms with E-state index in [-0.39, 0.29) is 30.4 Å². The maximum absolute atomic E-state index is 13.2. The average Bonchev–Trinajstić information content (AvgIpc) is 3.40. The van der Waals surface area contributed by atoms with Gasteiger partial charge in [0.1, 0.15) is 11.8 Å². The molecule has 1 unspecified atom stereocenters. The van der Waals surface area contributed by atoms with E-state index in [1.165, 1.54) is 0 Å². The third kappa shape index (κ3) is 4.63. The SMILES string of the molecule is Cc1noc(C2CCN(C(=O)COc3ccccc3)CCN2C(=O)C2CCCC2)n1. The van der Waals surface area contributed by atoms with Gasteiger partial charge >= 0.3 is 0 Å². The Morgan fingerprint density at radius 3 is 2.57 bits per heavy atom. The van der Waals surface area contributed by atoms with Crippen LogP contribution in [-0.4, -0.2) is 58.0 Å². The number of benzene rings is 1. The van der Waals surface area contributed by atoms with Crippen LogP contribution in [0, 0.1) is 12.8 Å². The molecule has 2 amide bonds. The Kier molecular flexibility index (Phi) is 6.30. The molecule has 2 fully saturated rings. The first kappa shape index (κ1) is 20.4. The number of amides is 2. The number of rotatable bonds is 5. The number of para-hydroxylation sites is 1. The van der Waals surface area contributed by atoms with Gasteiger partial charge in [-0.15, -0.1) is 0 Å². The molecular formula is C22H28N4O4. The molecule has 30 heavy (non-hydrogen) atoms. The quantitative estimate of drug-likeness (QED) is 0.750. The van der Waals surface area contributed by atoms with E-state index in [4.69, 9.17) is 9.26 Å². The lowest BCUT2D eigenvalue weighted by Gasteiger charge is -2.29. The Bertz CT molecular complexity index is 863. The number of hydrogen-bond donors (Lipinski definition) is 0. The van der Waals surface area contributed by atoms with Crippen LogP contribution in [0.25, 0.3) is 0 Å². The van der Waals surface area contributed by atoms with Crippen molar-refractivity contribution in [3.8, 4) is 5.75 Å². The molecule has 0 N–H and O–H groups in total. The first-order chi connectivity index (χ1) is 14.6. The summed E-state index contributed by atoms with van der Waals surface area (Å²) in [4.78, 5) is 34.0. The number of carbonyl (C=O) groups excluding carboxylic acids is 2. The summed E-state index contributed by atoms with van der Waals surface area (Å²) in [7, 11) is 0. The number of carbonyl (C=O) groups is 2. The molecule has 2 aromatic rings. The zero-order valence-electron chi connectivity index (χ0n) is 17.3. The molecule has 1 saturated carbocycles. The molecular weight excluding hydrogens is 384 g/mol. The van der Waals surface area contributed by atoms with Gasteiger partial charge in [0.05, 0.1) is 0 Å². The van der Waals surface area contributed by atoms with Crippen LogP contribution in [-0.2, 0) is 9.59 Å². The predicted octanol–water partition coefficient (Wildman–Crippen LogP) is 2.75. The minimum absolute atomic E-state index is 0.0229. The van der Waals surface area contributed by atoms with Crippen LogP contribution < -0.4 is 4.74 Å². The van der Waals surface area contributed by atoms with E-state index in [0.717, 1.165) is 25.7 Å². The van der Waals surface area contributed by atoms with Crippen molar-refractivity contribution in [3.63, 3.8) is 0 Å². The minimum Gasteiger partial charge on any atom is -0.484 e. The van der Waals surface area contributed by atoms with Crippen LogP contribution in [0.15, 0.2) is 34.9 Å². The van der Waals surface area contributed by atoms with E-state index in [0.29, 0.717) is 43.5 Å². The van der Waals surface area contributed by atoms with Gasteiger partial charge in [0.25, 0.3) is 5.91 Å². The fourth-order valence-electron chi connectivity index (χ4n) is 4.31. The molecule has 4 rings (SSSR count). The molecule has 2 aliphatic rings. The number of aromatic nitrogens is 2. The van der Waals surface area contributed by atoms with Gasteiger partial charge in [0.15, 0.2) is 12.4 Å². The molecule has 1 aliphatic heterocycles. The lowest BCUT2D eigenvalue weighted by atomic mass is 10.0. The number of ether oxygens (including phenoxy) is 1. The van der Waals surface area contributed by atoms with Gasteiger partial charge in [-0.25, -0.2) is 0 Å². The minimum atomic E-state index is -0.299. The summed E-state index contributed by atoms with van der Waals surface area (Å²) < 4.78 is 11.0. The third-order valence-corrected chi connectivity index (χ3v) is 5.93. The maximum Gasteiger partial charge on any atom is 0.260 e. The lowest BCUT2D eigenvalue weighted by Crippen LogP contribution is -2.41. The summed E-state index contributed by atoms with van der Waals surface area (Å²) in [5, 5.41) is 3.91. The average molecular weight is 412 g/mol. The van der Waals surface area contributed by atoms with E-state index >= 15 is 0 Å². The normalized spacial score (nSPS) is 20.2. The second kappa shape index (κ2) is 9.28. The Labute approximate surface area is 176 Å². The standard InChI is InChI=1S/C22H28N4O4/c1-16-23-21(30-24-16)19-11-12-25(20(27)15-29-18-9-3-2-4-10-18)13-14-26(19)22(28)17-7-5-6-8-17/h2-4,9-10,17,19H,5-8,11-15H2,1H3. The van der Waals surface area contributed by atoms with Crippen molar-refractivity contribution in [2.75, 3.05) is 26.2 Å². The molecule has 160 valence electrons. The Morgan fingerprint density at radius 2 is 1.87 bits per heavy atom. The van der Waals surface area contributed by atoms with Crippen LogP contribution in [0.2, 0.25) is 0 Å². The molecule has 8 nitrogen and oxygen atoms in total. The molecule has 0 spiro atoms. The van der Waals surface area contributed by atoms with E-state index in [2.05, 4.69) is 10.1 Å².